The molecule has 2 saturated heterocycles. The van der Waals surface area contributed by atoms with E-state index in [9.17, 15) is 9.90 Å². The van der Waals surface area contributed by atoms with Crippen molar-refractivity contribution >= 4 is 11.8 Å². The normalized spacial score (nSPS) is 27.1. The van der Waals surface area contributed by atoms with E-state index in [2.05, 4.69) is 36.7 Å². The Kier molecular flexibility index (Phi) is 3.06. The molecular weight excluding hydrogens is 280 g/mol. The molecule has 116 valence electrons. The van der Waals surface area contributed by atoms with Crippen LogP contribution in [0, 0.1) is 22.2 Å². The van der Waals surface area contributed by atoms with E-state index in [1.165, 1.54) is 11.1 Å². The molecule has 22 heavy (non-hydrogen) atoms. The van der Waals surface area contributed by atoms with Gasteiger partial charge in [0.05, 0.1) is 23.5 Å². The van der Waals surface area contributed by atoms with Gasteiger partial charge in [0.25, 0.3) is 0 Å². The zero-order valence-corrected chi connectivity index (χ0v) is 13.1. The first kappa shape index (κ1) is 14.6. The average molecular weight is 300 g/mol. The van der Waals surface area contributed by atoms with E-state index in [-0.39, 0.29) is 16.9 Å². The van der Waals surface area contributed by atoms with Gasteiger partial charge in [-0.1, -0.05) is 20.8 Å². The average Bonchev–Trinajstić information content (AvgIpc) is 2.73. The third-order valence-corrected chi connectivity index (χ3v) is 5.29. The van der Waals surface area contributed by atoms with Crippen LogP contribution in [0.15, 0.2) is 18.5 Å². The number of pyridine rings is 1. The molecule has 1 amide bonds. The van der Waals surface area contributed by atoms with Gasteiger partial charge in [-0.05, 0) is 11.5 Å². The van der Waals surface area contributed by atoms with Crippen molar-refractivity contribution in [2.45, 2.75) is 26.8 Å². The molecule has 2 aliphatic heterocycles. The van der Waals surface area contributed by atoms with E-state index >= 15 is 0 Å². The number of hydrogen-bond acceptors (Lipinski definition) is 4. The fourth-order valence-electron chi connectivity index (χ4n) is 3.78. The molecule has 1 aromatic heterocycles. The lowest BCUT2D eigenvalue weighted by Crippen LogP contribution is -2.70. The van der Waals surface area contributed by atoms with Crippen LogP contribution >= 0.6 is 0 Å². The standard InChI is InChI=1S/C16H20N4O2/c1-15(2,3)16-9-19(8-13(16)20(10-16)14(21)22)12-4-11(5-17)6-18-7-12/h4,6-7,13H,8-10H2,1-3H3,(H,21,22)/t13-,16+/m0/s1. The van der Waals surface area contributed by atoms with Crippen LogP contribution in [0.3, 0.4) is 0 Å². The van der Waals surface area contributed by atoms with Gasteiger partial charge < -0.3 is 14.9 Å². The molecule has 3 rings (SSSR count). The number of anilines is 1. The number of carbonyl (C=O) groups is 1. The van der Waals surface area contributed by atoms with Gasteiger partial charge in [-0.25, -0.2) is 4.79 Å². The number of likely N-dealkylation sites (tertiary alicyclic amines) is 1. The summed E-state index contributed by atoms with van der Waals surface area (Å²) in [5.74, 6) is 0. The topological polar surface area (TPSA) is 80.5 Å². The second kappa shape index (κ2) is 4.60. The Bertz CT molecular complexity index is 661. The maximum atomic E-state index is 11.4. The molecule has 2 fully saturated rings. The third kappa shape index (κ3) is 1.92. The molecule has 2 atom stereocenters. The van der Waals surface area contributed by atoms with Crippen molar-refractivity contribution in [2.24, 2.45) is 10.8 Å². The van der Waals surface area contributed by atoms with Crippen LogP contribution in [0.2, 0.25) is 0 Å². The van der Waals surface area contributed by atoms with Crippen LogP contribution in [0.5, 0.6) is 0 Å². The fraction of sp³-hybridized carbons (Fsp3) is 0.562. The molecule has 0 bridgehead atoms. The minimum Gasteiger partial charge on any atom is -0.465 e. The first-order valence-electron chi connectivity index (χ1n) is 7.38. The predicted octanol–water partition coefficient (Wildman–Crippen LogP) is 2.17. The number of aromatic nitrogens is 1. The molecule has 1 aromatic rings. The molecule has 0 spiro atoms. The van der Waals surface area contributed by atoms with E-state index in [4.69, 9.17) is 5.26 Å². The zero-order valence-electron chi connectivity index (χ0n) is 13.1. The van der Waals surface area contributed by atoms with Gasteiger partial charge in [-0.3, -0.25) is 4.98 Å². The first-order chi connectivity index (χ1) is 10.3. The molecule has 0 radical (unpaired) electrons. The number of nitrogens with zero attached hydrogens (tertiary/aromatic N) is 4. The van der Waals surface area contributed by atoms with Crippen LogP contribution in [-0.4, -0.2) is 46.8 Å². The minimum atomic E-state index is -0.851. The quantitative estimate of drug-likeness (QED) is 0.859. The summed E-state index contributed by atoms with van der Waals surface area (Å²) in [7, 11) is 0. The number of amides is 1. The van der Waals surface area contributed by atoms with Crippen LogP contribution in [0.25, 0.3) is 0 Å². The Hall–Kier alpha value is -2.29. The molecule has 3 heterocycles. The Balaban J connectivity index is 1.92. The lowest BCUT2D eigenvalue weighted by Gasteiger charge is -2.58. The van der Waals surface area contributed by atoms with Gasteiger partial charge in [0.1, 0.15) is 6.07 Å². The smallest absolute Gasteiger partial charge is 0.407 e. The highest BCUT2D eigenvalue weighted by Crippen LogP contribution is 2.55. The molecule has 6 nitrogen and oxygen atoms in total. The first-order valence-corrected chi connectivity index (χ1v) is 7.38. The predicted molar refractivity (Wildman–Crippen MR) is 81.6 cm³/mol. The number of hydrogen-bond donors (Lipinski definition) is 1. The van der Waals surface area contributed by atoms with E-state index in [1.54, 1.807) is 6.20 Å². The minimum absolute atomic E-state index is 0.00394. The highest BCUT2D eigenvalue weighted by molar-refractivity contribution is 5.68. The molecule has 1 N–H and O–H groups in total. The highest BCUT2D eigenvalue weighted by Gasteiger charge is 2.64. The summed E-state index contributed by atoms with van der Waals surface area (Å²) in [5, 5.41) is 18.4. The summed E-state index contributed by atoms with van der Waals surface area (Å²) < 4.78 is 0. The van der Waals surface area contributed by atoms with Gasteiger partial charge in [0.2, 0.25) is 0 Å². The Morgan fingerprint density at radius 3 is 2.77 bits per heavy atom. The molecule has 0 saturated carbocycles. The fourth-order valence-corrected chi connectivity index (χ4v) is 3.78. The maximum Gasteiger partial charge on any atom is 0.407 e. The molecule has 0 aromatic carbocycles. The summed E-state index contributed by atoms with van der Waals surface area (Å²) >= 11 is 0. The van der Waals surface area contributed by atoms with Crippen molar-refractivity contribution in [3.05, 3.63) is 24.0 Å². The second-order valence-corrected chi connectivity index (χ2v) is 7.26. The third-order valence-electron chi connectivity index (χ3n) is 5.29. The molecule has 2 aliphatic rings. The van der Waals surface area contributed by atoms with E-state index < -0.39 is 6.09 Å². The maximum absolute atomic E-state index is 11.4. The number of rotatable bonds is 1. The summed E-state index contributed by atoms with van der Waals surface area (Å²) in [6.07, 6.45) is 2.43. The number of fused-ring (bicyclic) bond motifs is 1. The molecular formula is C16H20N4O2. The largest absolute Gasteiger partial charge is 0.465 e. The van der Waals surface area contributed by atoms with Crippen molar-refractivity contribution in [1.29, 1.82) is 5.26 Å². The Morgan fingerprint density at radius 1 is 1.45 bits per heavy atom. The number of carboxylic acid groups (broad SMARTS) is 1. The van der Waals surface area contributed by atoms with Crippen molar-refractivity contribution in [2.75, 3.05) is 24.5 Å². The van der Waals surface area contributed by atoms with E-state index in [0.29, 0.717) is 18.7 Å². The second-order valence-electron chi connectivity index (χ2n) is 7.26. The van der Waals surface area contributed by atoms with Crippen molar-refractivity contribution in [3.8, 4) is 6.07 Å². The van der Waals surface area contributed by atoms with Gasteiger partial charge in [-0.15, -0.1) is 0 Å². The Morgan fingerprint density at radius 2 is 2.18 bits per heavy atom. The van der Waals surface area contributed by atoms with Crippen molar-refractivity contribution in [1.82, 2.24) is 9.88 Å². The van der Waals surface area contributed by atoms with Gasteiger partial charge >= 0.3 is 6.09 Å². The number of nitriles is 1. The van der Waals surface area contributed by atoms with Crippen LogP contribution in [0.4, 0.5) is 10.5 Å². The summed E-state index contributed by atoms with van der Waals surface area (Å²) in [4.78, 5) is 19.2. The van der Waals surface area contributed by atoms with Gasteiger partial charge in [0, 0.05) is 31.2 Å². The van der Waals surface area contributed by atoms with E-state index in [1.807, 2.05) is 6.07 Å². The van der Waals surface area contributed by atoms with Gasteiger partial charge in [0.15, 0.2) is 0 Å². The highest BCUT2D eigenvalue weighted by atomic mass is 16.4. The summed E-state index contributed by atoms with van der Waals surface area (Å²) in [6, 6.07) is 3.92. The van der Waals surface area contributed by atoms with Crippen molar-refractivity contribution in [3.63, 3.8) is 0 Å². The van der Waals surface area contributed by atoms with Crippen molar-refractivity contribution < 1.29 is 9.90 Å². The lowest BCUT2D eigenvalue weighted by atomic mass is 9.58. The SMILES string of the molecule is CC(C)(C)[C@@]12CN(c3cncc(C#N)c3)C[C@@H]1N(C(=O)O)C2. The molecule has 6 heteroatoms. The molecule has 0 aliphatic carbocycles. The van der Waals surface area contributed by atoms with Crippen LogP contribution in [0.1, 0.15) is 26.3 Å². The summed E-state index contributed by atoms with van der Waals surface area (Å²) in [5.41, 5.74) is 1.38. The lowest BCUT2D eigenvalue weighted by molar-refractivity contribution is -0.0901. The zero-order chi connectivity index (χ0) is 16.1. The van der Waals surface area contributed by atoms with E-state index in [0.717, 1.165) is 12.2 Å². The van der Waals surface area contributed by atoms with Crippen LogP contribution < -0.4 is 4.90 Å². The Labute approximate surface area is 130 Å². The van der Waals surface area contributed by atoms with Gasteiger partial charge in [-0.2, -0.15) is 5.26 Å². The monoisotopic (exact) mass is 300 g/mol. The summed E-state index contributed by atoms with van der Waals surface area (Å²) in [6.45, 7) is 8.53. The van der Waals surface area contributed by atoms with Crippen LogP contribution in [-0.2, 0) is 0 Å². The molecule has 0 unspecified atom stereocenters.